The zero-order valence-electron chi connectivity index (χ0n) is 8.56. The number of cyclic esters (lactones) is 1. The zero-order valence-corrected chi connectivity index (χ0v) is 8.56. The molecule has 1 heterocycles. The molecule has 0 bridgehead atoms. The summed E-state index contributed by atoms with van der Waals surface area (Å²) in [6, 6.07) is 0. The minimum absolute atomic E-state index is 0.113. The molecule has 74 valence electrons. The molecular formula is C11H18O2. The monoisotopic (exact) mass is 182 g/mol. The predicted octanol–water partition coefficient (Wildman–Crippen LogP) is 2.83. The molecule has 0 N–H and O–H groups in total. The van der Waals surface area contributed by atoms with Gasteiger partial charge in [0.05, 0.1) is 6.61 Å². The average molecular weight is 182 g/mol. The van der Waals surface area contributed by atoms with Crippen LogP contribution >= 0.6 is 0 Å². The third-order valence-electron chi connectivity index (χ3n) is 2.56. The number of carbonyl (C=O) groups excluding carboxylic acids is 1. The van der Waals surface area contributed by atoms with E-state index in [2.05, 4.69) is 6.92 Å². The van der Waals surface area contributed by atoms with Crippen molar-refractivity contribution in [2.75, 3.05) is 6.61 Å². The van der Waals surface area contributed by atoms with E-state index in [1.165, 1.54) is 24.8 Å². The Morgan fingerprint density at radius 2 is 2.15 bits per heavy atom. The zero-order chi connectivity index (χ0) is 9.68. The summed E-state index contributed by atoms with van der Waals surface area (Å²) < 4.78 is 4.93. The second-order valence-electron chi connectivity index (χ2n) is 3.57. The molecule has 0 amide bonds. The Labute approximate surface area is 80.0 Å². The average Bonchev–Trinajstić information content (AvgIpc) is 2.13. The van der Waals surface area contributed by atoms with Gasteiger partial charge in [-0.25, -0.2) is 4.79 Å². The highest BCUT2D eigenvalue weighted by atomic mass is 16.5. The van der Waals surface area contributed by atoms with Crippen LogP contribution in [-0.4, -0.2) is 12.6 Å². The number of carbonyl (C=O) groups is 1. The Morgan fingerprint density at radius 1 is 1.38 bits per heavy atom. The highest BCUT2D eigenvalue weighted by molar-refractivity contribution is 5.89. The SMILES string of the molecule is CCCCCC1=C(C)C(=O)OCC1. The molecular weight excluding hydrogens is 164 g/mol. The first-order valence-corrected chi connectivity index (χ1v) is 5.11. The van der Waals surface area contributed by atoms with Gasteiger partial charge in [-0.15, -0.1) is 0 Å². The first-order chi connectivity index (χ1) is 6.25. The lowest BCUT2D eigenvalue weighted by molar-refractivity contribution is -0.140. The van der Waals surface area contributed by atoms with E-state index in [1.807, 2.05) is 6.92 Å². The molecule has 0 saturated carbocycles. The molecule has 1 aliphatic heterocycles. The Morgan fingerprint density at radius 3 is 2.85 bits per heavy atom. The van der Waals surface area contributed by atoms with Gasteiger partial charge < -0.3 is 4.74 Å². The second-order valence-corrected chi connectivity index (χ2v) is 3.57. The largest absolute Gasteiger partial charge is 0.462 e. The van der Waals surface area contributed by atoms with Gasteiger partial charge in [0.2, 0.25) is 0 Å². The van der Waals surface area contributed by atoms with Crippen molar-refractivity contribution in [3.63, 3.8) is 0 Å². The topological polar surface area (TPSA) is 26.3 Å². The Bertz CT molecular complexity index is 216. The summed E-state index contributed by atoms with van der Waals surface area (Å²) in [6.45, 7) is 4.65. The quantitative estimate of drug-likeness (QED) is 0.493. The van der Waals surface area contributed by atoms with Gasteiger partial charge in [0.15, 0.2) is 0 Å². The van der Waals surface area contributed by atoms with Gasteiger partial charge in [-0.05, 0) is 19.8 Å². The first-order valence-electron chi connectivity index (χ1n) is 5.11. The van der Waals surface area contributed by atoms with Crippen molar-refractivity contribution >= 4 is 5.97 Å². The molecule has 0 atom stereocenters. The van der Waals surface area contributed by atoms with E-state index >= 15 is 0 Å². The molecule has 0 unspecified atom stereocenters. The minimum Gasteiger partial charge on any atom is -0.462 e. The van der Waals surface area contributed by atoms with Crippen LogP contribution in [0.25, 0.3) is 0 Å². The second kappa shape index (κ2) is 5.05. The van der Waals surface area contributed by atoms with Crippen molar-refractivity contribution < 1.29 is 9.53 Å². The van der Waals surface area contributed by atoms with Gasteiger partial charge in [0.1, 0.15) is 0 Å². The summed E-state index contributed by atoms with van der Waals surface area (Å²) in [6.07, 6.45) is 5.72. The maximum Gasteiger partial charge on any atom is 0.333 e. The fourth-order valence-electron chi connectivity index (χ4n) is 1.61. The highest BCUT2D eigenvalue weighted by Crippen LogP contribution is 2.21. The van der Waals surface area contributed by atoms with Gasteiger partial charge in [-0.1, -0.05) is 25.3 Å². The standard InChI is InChI=1S/C11H18O2/c1-3-4-5-6-10-7-8-13-11(12)9(10)2/h3-8H2,1-2H3. The lowest BCUT2D eigenvalue weighted by Gasteiger charge is -2.17. The lowest BCUT2D eigenvalue weighted by Crippen LogP contribution is -2.15. The van der Waals surface area contributed by atoms with Crippen LogP contribution in [0.4, 0.5) is 0 Å². The number of hydrogen-bond donors (Lipinski definition) is 0. The van der Waals surface area contributed by atoms with Gasteiger partial charge in [-0.3, -0.25) is 0 Å². The molecule has 0 aromatic carbocycles. The van der Waals surface area contributed by atoms with Crippen LogP contribution in [-0.2, 0) is 9.53 Å². The van der Waals surface area contributed by atoms with E-state index < -0.39 is 0 Å². The van der Waals surface area contributed by atoms with E-state index in [4.69, 9.17) is 4.74 Å². The van der Waals surface area contributed by atoms with Crippen molar-refractivity contribution in [1.29, 1.82) is 0 Å². The van der Waals surface area contributed by atoms with Crippen molar-refractivity contribution in [1.82, 2.24) is 0 Å². The van der Waals surface area contributed by atoms with Gasteiger partial charge in [0, 0.05) is 12.0 Å². The van der Waals surface area contributed by atoms with E-state index in [0.717, 1.165) is 18.4 Å². The normalized spacial score (nSPS) is 17.5. The molecule has 0 aromatic heterocycles. The van der Waals surface area contributed by atoms with E-state index in [9.17, 15) is 4.79 Å². The Kier molecular flexibility index (Phi) is 4.00. The molecule has 1 rings (SSSR count). The lowest BCUT2D eigenvalue weighted by atomic mass is 9.98. The Hall–Kier alpha value is -0.790. The van der Waals surface area contributed by atoms with Crippen LogP contribution in [0, 0.1) is 0 Å². The maximum atomic E-state index is 11.2. The molecule has 1 aliphatic rings. The summed E-state index contributed by atoms with van der Waals surface area (Å²) in [5, 5.41) is 0. The first kappa shape index (κ1) is 10.3. The van der Waals surface area contributed by atoms with Crippen LogP contribution in [0.3, 0.4) is 0 Å². The summed E-state index contributed by atoms with van der Waals surface area (Å²) in [5.41, 5.74) is 2.16. The number of unbranched alkanes of at least 4 members (excludes halogenated alkanes) is 2. The summed E-state index contributed by atoms with van der Waals surface area (Å²) in [5.74, 6) is -0.113. The number of rotatable bonds is 4. The van der Waals surface area contributed by atoms with Gasteiger partial charge >= 0.3 is 5.97 Å². The maximum absolute atomic E-state index is 11.2. The summed E-state index contributed by atoms with van der Waals surface area (Å²) in [4.78, 5) is 11.2. The third-order valence-corrected chi connectivity index (χ3v) is 2.56. The predicted molar refractivity (Wildman–Crippen MR) is 52.4 cm³/mol. The smallest absolute Gasteiger partial charge is 0.333 e. The van der Waals surface area contributed by atoms with Crippen molar-refractivity contribution in [3.8, 4) is 0 Å². The molecule has 0 radical (unpaired) electrons. The molecule has 0 spiro atoms. The molecule has 0 saturated heterocycles. The molecule has 2 nitrogen and oxygen atoms in total. The van der Waals surface area contributed by atoms with Crippen LogP contribution in [0.5, 0.6) is 0 Å². The van der Waals surface area contributed by atoms with Crippen molar-refractivity contribution in [2.24, 2.45) is 0 Å². The van der Waals surface area contributed by atoms with Gasteiger partial charge in [0.25, 0.3) is 0 Å². The fourth-order valence-corrected chi connectivity index (χ4v) is 1.61. The molecule has 13 heavy (non-hydrogen) atoms. The highest BCUT2D eigenvalue weighted by Gasteiger charge is 2.16. The van der Waals surface area contributed by atoms with Crippen LogP contribution in [0.15, 0.2) is 11.1 Å². The number of ether oxygens (including phenoxy) is 1. The molecule has 0 aromatic rings. The summed E-state index contributed by atoms with van der Waals surface area (Å²) >= 11 is 0. The number of hydrogen-bond acceptors (Lipinski definition) is 2. The number of esters is 1. The van der Waals surface area contributed by atoms with E-state index in [0.29, 0.717) is 6.61 Å². The van der Waals surface area contributed by atoms with Gasteiger partial charge in [-0.2, -0.15) is 0 Å². The van der Waals surface area contributed by atoms with Crippen LogP contribution in [0.2, 0.25) is 0 Å². The third kappa shape index (κ3) is 2.87. The molecule has 0 fully saturated rings. The van der Waals surface area contributed by atoms with Crippen LogP contribution < -0.4 is 0 Å². The molecule has 0 aliphatic carbocycles. The minimum atomic E-state index is -0.113. The van der Waals surface area contributed by atoms with Crippen LogP contribution in [0.1, 0.15) is 46.0 Å². The van der Waals surface area contributed by atoms with Crippen molar-refractivity contribution in [2.45, 2.75) is 46.0 Å². The Balaban J connectivity index is 2.46. The van der Waals surface area contributed by atoms with E-state index in [-0.39, 0.29) is 5.97 Å². The molecule has 2 heteroatoms. The fraction of sp³-hybridized carbons (Fsp3) is 0.727. The summed E-state index contributed by atoms with van der Waals surface area (Å²) in [7, 11) is 0. The van der Waals surface area contributed by atoms with E-state index in [1.54, 1.807) is 0 Å². The van der Waals surface area contributed by atoms with Crippen molar-refractivity contribution in [3.05, 3.63) is 11.1 Å².